The Morgan fingerprint density at radius 2 is 2.00 bits per heavy atom. The molecule has 3 rings (SSSR count). The van der Waals surface area contributed by atoms with Crippen molar-refractivity contribution in [3.63, 3.8) is 0 Å². The minimum absolute atomic E-state index is 0.257. The fourth-order valence-corrected chi connectivity index (χ4v) is 2.20. The van der Waals surface area contributed by atoms with Crippen LogP contribution >= 0.6 is 0 Å². The summed E-state index contributed by atoms with van der Waals surface area (Å²) in [6.07, 6.45) is 1.56. The lowest BCUT2D eigenvalue weighted by Gasteiger charge is -2.09. The molecule has 24 heavy (non-hydrogen) atoms. The highest BCUT2D eigenvalue weighted by atomic mass is 16.3. The first-order valence-electron chi connectivity index (χ1n) is 7.60. The highest BCUT2D eigenvalue weighted by Gasteiger charge is 2.09. The van der Waals surface area contributed by atoms with Gasteiger partial charge in [0.2, 0.25) is 0 Å². The molecule has 122 valence electrons. The predicted octanol–water partition coefficient (Wildman–Crippen LogP) is 3.36. The molecule has 0 bridgehead atoms. The van der Waals surface area contributed by atoms with Gasteiger partial charge in [-0.15, -0.1) is 10.2 Å². The zero-order chi connectivity index (χ0) is 16.9. The lowest BCUT2D eigenvalue weighted by Crippen LogP contribution is -2.23. The van der Waals surface area contributed by atoms with E-state index in [4.69, 9.17) is 4.42 Å². The number of carbonyl (C=O) groups excluding carboxylic acids is 1. The highest BCUT2D eigenvalue weighted by Crippen LogP contribution is 2.20. The van der Waals surface area contributed by atoms with Crippen molar-refractivity contribution >= 4 is 17.4 Å². The molecule has 0 unspecified atom stereocenters. The van der Waals surface area contributed by atoms with Crippen LogP contribution in [0.2, 0.25) is 0 Å². The zero-order valence-corrected chi connectivity index (χ0v) is 13.5. The molecular weight excluding hydrogens is 304 g/mol. The van der Waals surface area contributed by atoms with Crippen LogP contribution in [0.1, 0.15) is 27.4 Å². The maximum Gasteiger partial charge on any atom is 0.272 e. The number of nitrogens with one attached hydrogen (secondary N) is 2. The van der Waals surface area contributed by atoms with Gasteiger partial charge in [0.1, 0.15) is 5.76 Å². The van der Waals surface area contributed by atoms with Crippen LogP contribution in [0.15, 0.2) is 53.1 Å². The molecule has 0 fully saturated rings. The van der Waals surface area contributed by atoms with Gasteiger partial charge in [0.25, 0.3) is 5.91 Å². The van der Waals surface area contributed by atoms with Gasteiger partial charge in [-0.3, -0.25) is 4.79 Å². The van der Waals surface area contributed by atoms with Gasteiger partial charge in [-0.05, 0) is 55.3 Å². The van der Waals surface area contributed by atoms with E-state index in [2.05, 4.69) is 26.9 Å². The molecule has 2 aromatic heterocycles. The van der Waals surface area contributed by atoms with E-state index in [0.717, 1.165) is 16.8 Å². The molecular formula is C18H18N4O2. The first kappa shape index (κ1) is 15.7. The van der Waals surface area contributed by atoms with Gasteiger partial charge in [0.05, 0.1) is 12.8 Å². The molecule has 1 amide bonds. The van der Waals surface area contributed by atoms with Gasteiger partial charge in [-0.25, -0.2) is 0 Å². The second kappa shape index (κ2) is 6.95. The van der Waals surface area contributed by atoms with Gasteiger partial charge in [-0.2, -0.15) is 0 Å². The molecule has 0 spiro atoms. The topological polar surface area (TPSA) is 80.0 Å². The van der Waals surface area contributed by atoms with Crippen LogP contribution in [0.3, 0.4) is 0 Å². The predicted molar refractivity (Wildman–Crippen MR) is 91.1 cm³/mol. The van der Waals surface area contributed by atoms with E-state index in [1.165, 1.54) is 0 Å². The van der Waals surface area contributed by atoms with Crippen LogP contribution in [0.4, 0.5) is 11.5 Å². The number of hydrogen-bond donors (Lipinski definition) is 2. The normalized spacial score (nSPS) is 10.4. The van der Waals surface area contributed by atoms with Crippen LogP contribution in [-0.2, 0) is 6.54 Å². The number of carbonyl (C=O) groups is 1. The molecule has 0 atom stereocenters. The second-order valence-electron chi connectivity index (χ2n) is 5.51. The summed E-state index contributed by atoms with van der Waals surface area (Å²) in [4.78, 5) is 12.0. The van der Waals surface area contributed by atoms with Gasteiger partial charge in [0, 0.05) is 5.69 Å². The number of anilines is 2. The van der Waals surface area contributed by atoms with E-state index in [9.17, 15) is 4.79 Å². The largest absolute Gasteiger partial charge is 0.467 e. The molecule has 1 aromatic carbocycles. The third-order valence-corrected chi connectivity index (χ3v) is 3.56. The Bertz CT molecular complexity index is 827. The summed E-state index contributed by atoms with van der Waals surface area (Å²) >= 11 is 0. The van der Waals surface area contributed by atoms with Crippen LogP contribution in [0.25, 0.3) is 0 Å². The summed E-state index contributed by atoms with van der Waals surface area (Å²) in [5, 5.41) is 14.0. The zero-order valence-electron chi connectivity index (χ0n) is 13.5. The molecule has 0 aliphatic carbocycles. The Kier molecular flexibility index (Phi) is 4.56. The molecule has 0 aliphatic rings. The van der Waals surface area contributed by atoms with Crippen LogP contribution in [0, 0.1) is 13.8 Å². The SMILES string of the molecule is Cc1ccc(C)c(Nc2ccc(C(=O)NCc3ccco3)nn2)c1. The number of aryl methyl sites for hydroxylation is 2. The van der Waals surface area contributed by atoms with Gasteiger partial charge in [-0.1, -0.05) is 12.1 Å². The van der Waals surface area contributed by atoms with Crippen molar-refractivity contribution < 1.29 is 9.21 Å². The maximum absolute atomic E-state index is 12.0. The standard InChI is InChI=1S/C18H18N4O2/c1-12-5-6-13(2)16(10-12)20-17-8-7-15(21-22-17)18(23)19-11-14-4-3-9-24-14/h3-10H,11H2,1-2H3,(H,19,23)(H,20,22). The average Bonchev–Trinajstić information content (AvgIpc) is 3.10. The number of nitrogens with zero attached hydrogens (tertiary/aromatic N) is 2. The minimum Gasteiger partial charge on any atom is -0.467 e. The molecule has 2 N–H and O–H groups in total. The van der Waals surface area contributed by atoms with Crippen molar-refractivity contribution in [2.75, 3.05) is 5.32 Å². The molecule has 0 aliphatic heterocycles. The average molecular weight is 322 g/mol. The number of rotatable bonds is 5. The minimum atomic E-state index is -0.294. The molecule has 6 nitrogen and oxygen atoms in total. The first-order chi connectivity index (χ1) is 11.6. The summed E-state index contributed by atoms with van der Waals surface area (Å²) in [6, 6.07) is 13.1. The Labute approximate surface area is 139 Å². The summed E-state index contributed by atoms with van der Waals surface area (Å²) in [6.45, 7) is 4.37. The van der Waals surface area contributed by atoms with Crippen molar-refractivity contribution in [3.05, 3.63) is 71.3 Å². The van der Waals surface area contributed by atoms with Crippen molar-refractivity contribution in [1.29, 1.82) is 0 Å². The number of aromatic nitrogens is 2. The van der Waals surface area contributed by atoms with E-state index in [-0.39, 0.29) is 11.6 Å². The van der Waals surface area contributed by atoms with Gasteiger partial charge in [0.15, 0.2) is 11.5 Å². The Morgan fingerprint density at radius 3 is 2.71 bits per heavy atom. The summed E-state index contributed by atoms with van der Waals surface area (Å²) in [5.74, 6) is 0.980. The smallest absolute Gasteiger partial charge is 0.272 e. The van der Waals surface area contributed by atoms with Crippen LogP contribution < -0.4 is 10.6 Å². The lowest BCUT2D eigenvalue weighted by molar-refractivity contribution is 0.0942. The summed E-state index contributed by atoms with van der Waals surface area (Å²) in [5.41, 5.74) is 3.50. The van der Waals surface area contributed by atoms with E-state index >= 15 is 0 Å². The number of benzene rings is 1. The molecule has 0 saturated carbocycles. The van der Waals surface area contributed by atoms with Crippen molar-refractivity contribution in [3.8, 4) is 0 Å². The quantitative estimate of drug-likeness (QED) is 0.753. The first-order valence-corrected chi connectivity index (χ1v) is 7.60. The summed E-state index contributed by atoms with van der Waals surface area (Å²) in [7, 11) is 0. The number of amides is 1. The fraction of sp³-hybridized carbons (Fsp3) is 0.167. The van der Waals surface area contributed by atoms with Crippen LogP contribution in [-0.4, -0.2) is 16.1 Å². The summed E-state index contributed by atoms with van der Waals surface area (Å²) < 4.78 is 5.17. The third kappa shape index (κ3) is 3.78. The van der Waals surface area contributed by atoms with E-state index < -0.39 is 0 Å². The Balaban J connectivity index is 1.64. The maximum atomic E-state index is 12.0. The lowest BCUT2D eigenvalue weighted by atomic mass is 10.1. The van der Waals surface area contributed by atoms with Crippen molar-refractivity contribution in [2.45, 2.75) is 20.4 Å². The van der Waals surface area contributed by atoms with Gasteiger partial charge < -0.3 is 15.1 Å². The van der Waals surface area contributed by atoms with Crippen molar-refractivity contribution in [2.24, 2.45) is 0 Å². The van der Waals surface area contributed by atoms with Crippen LogP contribution in [0.5, 0.6) is 0 Å². The number of hydrogen-bond acceptors (Lipinski definition) is 5. The Hall–Kier alpha value is -3.15. The van der Waals surface area contributed by atoms with Gasteiger partial charge >= 0.3 is 0 Å². The second-order valence-corrected chi connectivity index (χ2v) is 5.51. The fourth-order valence-electron chi connectivity index (χ4n) is 2.20. The van der Waals surface area contributed by atoms with E-state index in [1.807, 2.05) is 26.0 Å². The molecule has 3 aromatic rings. The molecule has 0 radical (unpaired) electrons. The number of furan rings is 1. The third-order valence-electron chi connectivity index (χ3n) is 3.56. The van der Waals surface area contributed by atoms with E-state index in [0.29, 0.717) is 18.1 Å². The molecule has 6 heteroatoms. The highest BCUT2D eigenvalue weighted by molar-refractivity contribution is 5.92. The molecule has 0 saturated heterocycles. The molecule has 2 heterocycles. The van der Waals surface area contributed by atoms with E-state index in [1.54, 1.807) is 30.5 Å². The monoisotopic (exact) mass is 322 g/mol. The Morgan fingerprint density at radius 1 is 1.12 bits per heavy atom. The van der Waals surface area contributed by atoms with Crippen molar-refractivity contribution in [1.82, 2.24) is 15.5 Å².